The van der Waals surface area contributed by atoms with E-state index in [1.54, 1.807) is 10.6 Å². The van der Waals surface area contributed by atoms with E-state index in [-0.39, 0.29) is 11.6 Å². The maximum atomic E-state index is 13.1. The molecule has 1 unspecified atom stereocenters. The van der Waals surface area contributed by atoms with Crippen molar-refractivity contribution in [2.24, 2.45) is 0 Å². The van der Waals surface area contributed by atoms with Crippen molar-refractivity contribution in [2.75, 3.05) is 19.6 Å². The van der Waals surface area contributed by atoms with Crippen LogP contribution < -0.4 is 5.56 Å². The van der Waals surface area contributed by atoms with E-state index in [4.69, 9.17) is 0 Å². The summed E-state index contributed by atoms with van der Waals surface area (Å²) in [6, 6.07) is 1.88. The van der Waals surface area contributed by atoms with Gasteiger partial charge in [-0.3, -0.25) is 4.79 Å². The van der Waals surface area contributed by atoms with Crippen LogP contribution in [-0.2, 0) is 6.42 Å². The van der Waals surface area contributed by atoms with Gasteiger partial charge in [-0.25, -0.2) is 4.39 Å². The van der Waals surface area contributed by atoms with Crippen molar-refractivity contribution in [3.8, 4) is 0 Å². The fourth-order valence-corrected chi connectivity index (χ4v) is 2.62. The molecule has 0 N–H and O–H groups in total. The lowest BCUT2D eigenvalue weighted by Gasteiger charge is -2.17. The summed E-state index contributed by atoms with van der Waals surface area (Å²) in [7, 11) is 0. The number of hydrogen-bond donors (Lipinski definition) is 0. The Balaban J connectivity index is 0.00000112. The Hall–Kier alpha value is -1.16. The second kappa shape index (κ2) is 11.4. The van der Waals surface area contributed by atoms with E-state index in [0.717, 1.165) is 25.1 Å². The van der Waals surface area contributed by atoms with Crippen molar-refractivity contribution in [2.45, 2.75) is 73.5 Å². The van der Waals surface area contributed by atoms with Crippen molar-refractivity contribution in [3.63, 3.8) is 0 Å². The Bertz CT molecular complexity index is 497. The first kappa shape index (κ1) is 21.8. The summed E-state index contributed by atoms with van der Waals surface area (Å²) in [5.74, 6) is 0. The average molecular weight is 327 g/mol. The fourth-order valence-electron chi connectivity index (χ4n) is 2.62. The SMILES string of the molecule is CC.CC.Cc1cc(=O)n(C(C)C)cc1CCN1CCC(F)C1. The Morgan fingerprint density at radius 2 is 1.87 bits per heavy atom. The molecule has 2 heterocycles. The van der Waals surface area contributed by atoms with Gasteiger partial charge in [-0.2, -0.15) is 0 Å². The molecule has 1 aliphatic rings. The molecule has 0 bridgehead atoms. The van der Waals surface area contributed by atoms with Gasteiger partial charge in [0, 0.05) is 37.9 Å². The minimum Gasteiger partial charge on any atom is -0.313 e. The lowest BCUT2D eigenvalue weighted by atomic mass is 10.1. The Morgan fingerprint density at radius 3 is 2.35 bits per heavy atom. The lowest BCUT2D eigenvalue weighted by molar-refractivity contribution is 0.290. The summed E-state index contributed by atoms with van der Waals surface area (Å²) in [4.78, 5) is 14.0. The molecule has 0 aliphatic carbocycles. The first-order valence-electron chi connectivity index (χ1n) is 9.05. The standard InChI is InChI=1S/C15H23FN2O.2C2H6/c1-11(2)18-9-13(12(3)8-15(18)19)4-6-17-7-5-14(16)10-17;2*1-2/h8-9,11,14H,4-7,10H2,1-3H3;2*1-2H3. The molecule has 1 saturated heterocycles. The van der Waals surface area contributed by atoms with Crippen LogP contribution in [-0.4, -0.2) is 35.3 Å². The van der Waals surface area contributed by atoms with Gasteiger partial charge in [0.05, 0.1) is 0 Å². The van der Waals surface area contributed by atoms with Crippen LogP contribution in [0.5, 0.6) is 0 Å². The van der Waals surface area contributed by atoms with Crippen LogP contribution in [0.4, 0.5) is 4.39 Å². The third-order valence-electron chi connectivity index (χ3n) is 3.86. The number of rotatable bonds is 4. The van der Waals surface area contributed by atoms with Crippen molar-refractivity contribution in [1.82, 2.24) is 9.47 Å². The van der Waals surface area contributed by atoms with E-state index in [0.29, 0.717) is 13.0 Å². The first-order valence-corrected chi connectivity index (χ1v) is 9.05. The minimum absolute atomic E-state index is 0.0567. The highest BCUT2D eigenvalue weighted by Crippen LogP contribution is 2.14. The summed E-state index contributed by atoms with van der Waals surface area (Å²) in [6.45, 7) is 16.3. The molecule has 0 spiro atoms. The van der Waals surface area contributed by atoms with E-state index in [1.807, 2.05) is 54.7 Å². The quantitative estimate of drug-likeness (QED) is 0.820. The van der Waals surface area contributed by atoms with Gasteiger partial charge in [-0.1, -0.05) is 27.7 Å². The van der Waals surface area contributed by atoms with Crippen LogP contribution in [0.3, 0.4) is 0 Å². The summed E-state index contributed by atoms with van der Waals surface area (Å²) >= 11 is 0. The van der Waals surface area contributed by atoms with E-state index < -0.39 is 6.17 Å². The molecule has 1 fully saturated rings. The maximum Gasteiger partial charge on any atom is 0.251 e. The second-order valence-electron chi connectivity index (χ2n) is 5.76. The molecular formula is C19H35FN2O. The molecule has 0 amide bonds. The van der Waals surface area contributed by atoms with Gasteiger partial charge >= 0.3 is 0 Å². The van der Waals surface area contributed by atoms with E-state index in [2.05, 4.69) is 4.90 Å². The predicted octanol–water partition coefficient (Wildman–Crippen LogP) is 4.38. The molecule has 23 heavy (non-hydrogen) atoms. The summed E-state index contributed by atoms with van der Waals surface area (Å²) < 4.78 is 14.9. The number of halogens is 1. The fraction of sp³-hybridized carbons (Fsp3) is 0.737. The molecule has 0 saturated carbocycles. The number of alkyl halides is 1. The predicted molar refractivity (Wildman–Crippen MR) is 98.2 cm³/mol. The van der Waals surface area contributed by atoms with Crippen LogP contribution >= 0.6 is 0 Å². The zero-order valence-corrected chi connectivity index (χ0v) is 16.0. The van der Waals surface area contributed by atoms with Crippen LogP contribution in [0.15, 0.2) is 17.1 Å². The van der Waals surface area contributed by atoms with Gasteiger partial charge in [0.25, 0.3) is 5.56 Å². The third kappa shape index (κ3) is 6.86. The van der Waals surface area contributed by atoms with E-state index in [9.17, 15) is 9.18 Å². The molecule has 2 rings (SSSR count). The van der Waals surface area contributed by atoms with Gasteiger partial charge in [0.2, 0.25) is 0 Å². The normalized spacial score (nSPS) is 17.3. The first-order chi connectivity index (χ1) is 11.0. The highest BCUT2D eigenvalue weighted by Gasteiger charge is 2.21. The second-order valence-corrected chi connectivity index (χ2v) is 5.76. The number of hydrogen-bond acceptors (Lipinski definition) is 2. The molecule has 4 heteroatoms. The zero-order chi connectivity index (χ0) is 18.0. The molecule has 0 aromatic carbocycles. The van der Waals surface area contributed by atoms with Crippen LogP contribution in [0, 0.1) is 6.92 Å². The molecule has 0 radical (unpaired) electrons. The summed E-state index contributed by atoms with van der Waals surface area (Å²) in [6.07, 6.45) is 2.84. The van der Waals surface area contributed by atoms with Crippen molar-refractivity contribution in [1.29, 1.82) is 0 Å². The molecule has 134 valence electrons. The topological polar surface area (TPSA) is 25.2 Å². The van der Waals surface area contributed by atoms with Gasteiger partial charge < -0.3 is 9.47 Å². The van der Waals surface area contributed by atoms with Crippen LogP contribution in [0.2, 0.25) is 0 Å². The molecule has 3 nitrogen and oxygen atoms in total. The lowest BCUT2D eigenvalue weighted by Crippen LogP contribution is -2.26. The molecule has 1 aliphatic heterocycles. The Labute approximate surface area is 141 Å². The highest BCUT2D eigenvalue weighted by molar-refractivity contribution is 5.23. The van der Waals surface area contributed by atoms with E-state index >= 15 is 0 Å². The smallest absolute Gasteiger partial charge is 0.251 e. The van der Waals surface area contributed by atoms with Gasteiger partial charge in [0.1, 0.15) is 6.17 Å². The maximum absolute atomic E-state index is 13.1. The molecule has 1 aromatic heterocycles. The number of nitrogens with zero attached hydrogens (tertiary/aromatic N) is 2. The summed E-state index contributed by atoms with van der Waals surface area (Å²) in [5.41, 5.74) is 2.29. The third-order valence-corrected chi connectivity index (χ3v) is 3.86. The van der Waals surface area contributed by atoms with Gasteiger partial charge in [-0.05, 0) is 44.7 Å². The molecular weight excluding hydrogens is 291 g/mol. The average Bonchev–Trinajstić information content (AvgIpc) is 2.95. The number of pyridine rings is 1. The molecule has 1 aromatic rings. The number of aromatic nitrogens is 1. The zero-order valence-electron chi connectivity index (χ0n) is 16.0. The van der Waals surface area contributed by atoms with Gasteiger partial charge in [0.15, 0.2) is 0 Å². The van der Waals surface area contributed by atoms with Crippen LogP contribution in [0.25, 0.3) is 0 Å². The van der Waals surface area contributed by atoms with Crippen LogP contribution in [0.1, 0.15) is 65.1 Å². The summed E-state index contributed by atoms with van der Waals surface area (Å²) in [5, 5.41) is 0. The monoisotopic (exact) mass is 326 g/mol. The van der Waals surface area contributed by atoms with Crippen molar-refractivity contribution < 1.29 is 4.39 Å². The van der Waals surface area contributed by atoms with Gasteiger partial charge in [-0.15, -0.1) is 0 Å². The largest absolute Gasteiger partial charge is 0.313 e. The number of likely N-dealkylation sites (tertiary alicyclic amines) is 1. The Kier molecular flexibility index (Phi) is 10.8. The van der Waals surface area contributed by atoms with Crippen molar-refractivity contribution >= 4 is 0 Å². The van der Waals surface area contributed by atoms with E-state index in [1.165, 1.54) is 5.56 Å². The number of aryl methyl sites for hydroxylation is 1. The Morgan fingerprint density at radius 1 is 1.26 bits per heavy atom. The highest BCUT2D eigenvalue weighted by atomic mass is 19.1. The molecule has 1 atom stereocenters. The van der Waals surface area contributed by atoms with Crippen molar-refractivity contribution in [3.05, 3.63) is 33.7 Å². The minimum atomic E-state index is -0.661.